The Kier molecular flexibility index (Phi) is 9.28. The van der Waals surface area contributed by atoms with Gasteiger partial charge in [0.1, 0.15) is 0 Å². The van der Waals surface area contributed by atoms with Crippen molar-refractivity contribution in [1.82, 2.24) is 0 Å². The van der Waals surface area contributed by atoms with Crippen molar-refractivity contribution in [2.75, 3.05) is 0 Å². The molecule has 0 aliphatic heterocycles. The Hall–Kier alpha value is -8.32. The molecule has 298 valence electrons. The molecule has 0 nitrogen and oxygen atoms in total. The molecule has 0 radical (unpaired) electrons. The van der Waals surface area contributed by atoms with Crippen LogP contribution < -0.4 is 0 Å². The van der Waals surface area contributed by atoms with Crippen LogP contribution in [0.2, 0.25) is 0 Å². The van der Waals surface area contributed by atoms with Gasteiger partial charge in [0.15, 0.2) is 0 Å². The lowest BCUT2D eigenvalue weighted by Gasteiger charge is -2.18. The summed E-state index contributed by atoms with van der Waals surface area (Å²) in [6, 6.07) is 93.4. The smallest absolute Gasteiger partial charge is 0.00264 e. The Morgan fingerprint density at radius 2 is 0.484 bits per heavy atom. The van der Waals surface area contributed by atoms with Crippen molar-refractivity contribution in [3.05, 3.63) is 255 Å². The van der Waals surface area contributed by atoms with Gasteiger partial charge in [-0.15, -0.1) is 0 Å². The van der Waals surface area contributed by atoms with Crippen LogP contribution in [0.25, 0.3) is 121 Å². The third kappa shape index (κ3) is 6.74. The molecule has 12 aromatic carbocycles. The molecule has 0 aromatic heterocycles. The summed E-state index contributed by atoms with van der Waals surface area (Å²) >= 11 is 0. The quantitative estimate of drug-likeness (QED) is 0.141. The lowest BCUT2D eigenvalue weighted by molar-refractivity contribution is 1.58. The van der Waals surface area contributed by atoms with E-state index in [1.54, 1.807) is 0 Å². The largest absolute Gasteiger partial charge is 0.0622 e. The molecular formula is C64H42. The molecular weight excluding hydrogens is 769 g/mol. The van der Waals surface area contributed by atoms with Crippen molar-refractivity contribution in [2.24, 2.45) is 0 Å². The zero-order valence-electron chi connectivity index (χ0n) is 35.2. The fourth-order valence-electron chi connectivity index (χ4n) is 9.82. The summed E-state index contributed by atoms with van der Waals surface area (Å²) in [5, 5.41) is 10.1. The highest BCUT2D eigenvalue weighted by atomic mass is 14.2. The van der Waals surface area contributed by atoms with Crippen LogP contribution in [0, 0.1) is 0 Å². The minimum atomic E-state index is 1.20. The first-order valence-electron chi connectivity index (χ1n) is 22.1. The molecule has 0 bridgehead atoms. The molecule has 64 heavy (non-hydrogen) atoms. The van der Waals surface area contributed by atoms with E-state index in [0.29, 0.717) is 0 Å². The molecule has 0 atom stereocenters. The van der Waals surface area contributed by atoms with E-state index in [0.717, 1.165) is 0 Å². The highest BCUT2D eigenvalue weighted by Crippen LogP contribution is 2.45. The lowest BCUT2D eigenvalue weighted by atomic mass is 9.85. The summed E-state index contributed by atoms with van der Waals surface area (Å²) < 4.78 is 0. The van der Waals surface area contributed by atoms with E-state index in [2.05, 4.69) is 255 Å². The van der Waals surface area contributed by atoms with Crippen molar-refractivity contribution >= 4 is 43.1 Å². The Labute approximate surface area is 374 Å². The summed E-state index contributed by atoms with van der Waals surface area (Å²) in [5.41, 5.74) is 17.2. The Morgan fingerprint density at radius 3 is 0.969 bits per heavy atom. The van der Waals surface area contributed by atoms with Crippen LogP contribution in [0.15, 0.2) is 255 Å². The third-order valence-electron chi connectivity index (χ3n) is 13.1. The van der Waals surface area contributed by atoms with Gasteiger partial charge in [0.2, 0.25) is 0 Å². The van der Waals surface area contributed by atoms with E-state index in [4.69, 9.17) is 0 Å². The zero-order valence-corrected chi connectivity index (χ0v) is 35.2. The topological polar surface area (TPSA) is 0 Å². The standard InChI is InChI=1S/C64H42/c1-2-13-50(14-3-1)62-42-56(41-55-16-6-7-17-57(55)62)49-32-37-52(38-33-49)64-60-20-10-8-18-58(60)63(59-19-9-11-21-61(59)64)51-35-30-47(31-36-51)45-24-22-44(23-25-45)46-26-28-48(29-27-46)54-39-34-43-12-4-5-15-53(43)40-54/h1-42H. The summed E-state index contributed by atoms with van der Waals surface area (Å²) in [6.07, 6.45) is 0. The average Bonchev–Trinajstić information content (AvgIpc) is 3.38. The molecule has 0 unspecified atom stereocenters. The van der Waals surface area contributed by atoms with Crippen LogP contribution in [0.5, 0.6) is 0 Å². The maximum absolute atomic E-state index is 2.35. The van der Waals surface area contributed by atoms with Gasteiger partial charge in [-0.25, -0.2) is 0 Å². The van der Waals surface area contributed by atoms with Crippen LogP contribution in [0.1, 0.15) is 0 Å². The second kappa shape index (κ2) is 15.9. The predicted octanol–water partition coefficient (Wildman–Crippen LogP) is 18.0. The fraction of sp³-hybridized carbons (Fsp3) is 0. The van der Waals surface area contributed by atoms with Crippen LogP contribution in [0.3, 0.4) is 0 Å². The monoisotopic (exact) mass is 810 g/mol. The molecule has 0 saturated carbocycles. The van der Waals surface area contributed by atoms with Gasteiger partial charge in [0.05, 0.1) is 0 Å². The van der Waals surface area contributed by atoms with Gasteiger partial charge in [0, 0.05) is 0 Å². The molecule has 0 aliphatic rings. The van der Waals surface area contributed by atoms with Crippen molar-refractivity contribution in [1.29, 1.82) is 0 Å². The van der Waals surface area contributed by atoms with Crippen molar-refractivity contribution in [3.63, 3.8) is 0 Å². The minimum Gasteiger partial charge on any atom is -0.0622 e. The number of hydrogen-bond acceptors (Lipinski definition) is 0. The minimum absolute atomic E-state index is 1.20. The highest BCUT2D eigenvalue weighted by Gasteiger charge is 2.17. The molecule has 0 heteroatoms. The Balaban J connectivity index is 0.854. The van der Waals surface area contributed by atoms with Gasteiger partial charge in [-0.1, -0.05) is 237 Å². The normalized spacial score (nSPS) is 11.4. The third-order valence-corrected chi connectivity index (χ3v) is 13.1. The van der Waals surface area contributed by atoms with Gasteiger partial charge in [-0.3, -0.25) is 0 Å². The van der Waals surface area contributed by atoms with E-state index in [1.807, 2.05) is 0 Å². The van der Waals surface area contributed by atoms with Gasteiger partial charge < -0.3 is 0 Å². The average molecular weight is 811 g/mol. The second-order valence-corrected chi connectivity index (χ2v) is 16.8. The van der Waals surface area contributed by atoms with Gasteiger partial charge in [-0.2, -0.15) is 0 Å². The molecule has 12 rings (SSSR count). The first-order valence-corrected chi connectivity index (χ1v) is 22.1. The number of fused-ring (bicyclic) bond motifs is 4. The summed E-state index contributed by atoms with van der Waals surface area (Å²) in [4.78, 5) is 0. The lowest BCUT2D eigenvalue weighted by Crippen LogP contribution is -1.91. The fourth-order valence-corrected chi connectivity index (χ4v) is 9.82. The van der Waals surface area contributed by atoms with Crippen molar-refractivity contribution in [2.45, 2.75) is 0 Å². The van der Waals surface area contributed by atoms with Crippen molar-refractivity contribution in [3.8, 4) is 77.9 Å². The second-order valence-electron chi connectivity index (χ2n) is 16.8. The molecule has 0 aliphatic carbocycles. The summed E-state index contributed by atoms with van der Waals surface area (Å²) in [6.45, 7) is 0. The number of rotatable bonds is 7. The van der Waals surface area contributed by atoms with Crippen LogP contribution in [-0.4, -0.2) is 0 Å². The SMILES string of the molecule is c1ccc(-c2cc(-c3ccc(-c4c5ccccc5c(-c5ccc(-c6ccc(-c7ccc(-c8ccc9ccccc9c8)cc7)cc6)cc5)c5ccccc45)cc3)cc3ccccc23)cc1. The number of benzene rings is 12. The zero-order chi connectivity index (χ0) is 42.4. The van der Waals surface area contributed by atoms with Gasteiger partial charge >= 0.3 is 0 Å². The highest BCUT2D eigenvalue weighted by molar-refractivity contribution is 6.21. The van der Waals surface area contributed by atoms with Gasteiger partial charge in [0.25, 0.3) is 0 Å². The Morgan fingerprint density at radius 1 is 0.156 bits per heavy atom. The van der Waals surface area contributed by atoms with Gasteiger partial charge in [-0.05, 0) is 139 Å². The predicted molar refractivity (Wildman–Crippen MR) is 275 cm³/mol. The molecule has 0 heterocycles. The van der Waals surface area contributed by atoms with E-state index in [-0.39, 0.29) is 0 Å². The maximum atomic E-state index is 2.35. The molecule has 0 fully saturated rings. The maximum Gasteiger partial charge on any atom is -0.00264 e. The van der Waals surface area contributed by atoms with Crippen molar-refractivity contribution < 1.29 is 0 Å². The molecule has 12 aromatic rings. The molecule has 0 saturated heterocycles. The Bertz CT molecular complexity index is 3600. The van der Waals surface area contributed by atoms with E-state index in [9.17, 15) is 0 Å². The first kappa shape index (κ1) is 37.4. The number of hydrogen-bond donors (Lipinski definition) is 0. The van der Waals surface area contributed by atoms with E-state index in [1.165, 1.54) is 121 Å². The summed E-state index contributed by atoms with van der Waals surface area (Å²) in [7, 11) is 0. The van der Waals surface area contributed by atoms with E-state index < -0.39 is 0 Å². The van der Waals surface area contributed by atoms with Crippen LogP contribution in [0.4, 0.5) is 0 Å². The molecule has 0 N–H and O–H groups in total. The van der Waals surface area contributed by atoms with E-state index >= 15 is 0 Å². The van der Waals surface area contributed by atoms with Crippen LogP contribution >= 0.6 is 0 Å². The molecule has 0 amide bonds. The first-order chi connectivity index (χ1) is 31.7. The summed E-state index contributed by atoms with van der Waals surface area (Å²) in [5.74, 6) is 0. The van der Waals surface area contributed by atoms with Crippen LogP contribution in [-0.2, 0) is 0 Å². The molecule has 0 spiro atoms.